The maximum atomic E-state index is 13.3. The highest BCUT2D eigenvalue weighted by molar-refractivity contribution is 6.36. The summed E-state index contributed by atoms with van der Waals surface area (Å²) >= 11 is 0. The van der Waals surface area contributed by atoms with Crippen LogP contribution in [0.4, 0.5) is 11.4 Å². The molecule has 0 aliphatic carbocycles. The summed E-state index contributed by atoms with van der Waals surface area (Å²) in [7, 11) is 0. The molecule has 0 aromatic heterocycles. The molecule has 152 valence electrons. The van der Waals surface area contributed by atoms with Crippen molar-refractivity contribution in [1.82, 2.24) is 0 Å². The number of carbonyl (C=O) groups excluding carboxylic acids is 2. The van der Waals surface area contributed by atoms with Gasteiger partial charge in [-0.3, -0.25) is 9.59 Å². The maximum absolute atomic E-state index is 13.3. The Hall–Kier alpha value is -3.92. The molecule has 1 aliphatic heterocycles. The zero-order valence-corrected chi connectivity index (χ0v) is 17.4. The summed E-state index contributed by atoms with van der Waals surface area (Å²) in [4.78, 5) is 28.0. The van der Waals surface area contributed by atoms with E-state index in [-0.39, 0.29) is 17.9 Å². The SMILES string of the molecule is Cc1ccc(N2C(=O)c3cccc4c(NC(C)c5ccccc5)ccc(c34)C2=O)cc1. The van der Waals surface area contributed by atoms with Crippen LogP contribution in [-0.2, 0) is 0 Å². The van der Waals surface area contributed by atoms with Gasteiger partial charge in [0.25, 0.3) is 11.8 Å². The van der Waals surface area contributed by atoms with E-state index in [2.05, 4.69) is 24.4 Å². The number of aryl methyl sites for hydroxylation is 1. The Bertz CT molecular complexity index is 1290. The molecular formula is C27H22N2O2. The van der Waals surface area contributed by atoms with Crippen LogP contribution >= 0.6 is 0 Å². The van der Waals surface area contributed by atoms with E-state index in [0.29, 0.717) is 22.2 Å². The number of hydrogen-bond acceptors (Lipinski definition) is 3. The summed E-state index contributed by atoms with van der Waals surface area (Å²) in [5.41, 5.74) is 4.82. The van der Waals surface area contributed by atoms with Crippen LogP contribution in [0, 0.1) is 6.92 Å². The molecule has 0 saturated carbocycles. The van der Waals surface area contributed by atoms with Gasteiger partial charge in [-0.1, -0.05) is 60.2 Å². The standard InChI is InChI=1S/C27H22N2O2/c1-17-11-13-20(14-12-17)29-26(30)22-10-6-9-21-24(16-15-23(25(21)22)27(29)31)28-18(2)19-7-4-3-5-8-19/h3-16,18,28H,1-2H3. The van der Waals surface area contributed by atoms with Gasteiger partial charge in [-0.25, -0.2) is 4.90 Å². The van der Waals surface area contributed by atoms with Crippen molar-refractivity contribution in [3.8, 4) is 0 Å². The molecule has 4 heteroatoms. The number of carbonyl (C=O) groups is 2. The van der Waals surface area contributed by atoms with E-state index in [1.54, 1.807) is 6.07 Å². The van der Waals surface area contributed by atoms with Gasteiger partial charge in [0.2, 0.25) is 0 Å². The molecule has 0 spiro atoms. The van der Waals surface area contributed by atoms with Crippen LogP contribution in [0.5, 0.6) is 0 Å². The number of benzene rings is 4. The Balaban J connectivity index is 1.60. The molecule has 31 heavy (non-hydrogen) atoms. The molecule has 4 aromatic carbocycles. The number of amides is 2. The number of rotatable bonds is 4. The minimum atomic E-state index is -0.291. The summed E-state index contributed by atoms with van der Waals surface area (Å²) < 4.78 is 0. The average Bonchev–Trinajstić information content (AvgIpc) is 2.80. The lowest BCUT2D eigenvalue weighted by atomic mass is 9.92. The minimum absolute atomic E-state index is 0.0808. The van der Waals surface area contributed by atoms with Gasteiger partial charge < -0.3 is 5.32 Å². The second-order valence-electron chi connectivity index (χ2n) is 7.95. The molecule has 1 N–H and O–H groups in total. The number of hydrogen-bond donors (Lipinski definition) is 1. The highest BCUT2D eigenvalue weighted by Crippen LogP contribution is 2.37. The fourth-order valence-corrected chi connectivity index (χ4v) is 4.21. The van der Waals surface area contributed by atoms with Crippen LogP contribution in [-0.4, -0.2) is 11.8 Å². The largest absolute Gasteiger partial charge is 0.378 e. The van der Waals surface area contributed by atoms with Crippen LogP contribution in [0.2, 0.25) is 0 Å². The molecule has 4 nitrogen and oxygen atoms in total. The molecule has 2 amide bonds. The third-order valence-electron chi connectivity index (χ3n) is 5.87. The molecular weight excluding hydrogens is 384 g/mol. The lowest BCUT2D eigenvalue weighted by Gasteiger charge is -2.28. The number of anilines is 2. The van der Waals surface area contributed by atoms with Crippen LogP contribution in [0.25, 0.3) is 10.8 Å². The molecule has 1 aliphatic rings. The first-order chi connectivity index (χ1) is 15.0. The van der Waals surface area contributed by atoms with Gasteiger partial charge in [0.1, 0.15) is 0 Å². The van der Waals surface area contributed by atoms with Crippen molar-refractivity contribution in [2.24, 2.45) is 0 Å². The molecule has 0 radical (unpaired) electrons. The Kier molecular flexibility index (Phi) is 4.55. The fourth-order valence-electron chi connectivity index (χ4n) is 4.21. The smallest absolute Gasteiger partial charge is 0.265 e. The van der Waals surface area contributed by atoms with Gasteiger partial charge in [-0.05, 0) is 49.7 Å². The van der Waals surface area contributed by atoms with Gasteiger partial charge in [-0.15, -0.1) is 0 Å². The fraction of sp³-hybridized carbons (Fsp3) is 0.111. The normalized spacial score (nSPS) is 14.1. The number of nitrogens with one attached hydrogen (secondary N) is 1. The van der Waals surface area contributed by atoms with Crippen LogP contribution < -0.4 is 10.2 Å². The number of imide groups is 1. The highest BCUT2D eigenvalue weighted by atomic mass is 16.2. The average molecular weight is 406 g/mol. The van der Waals surface area contributed by atoms with E-state index in [9.17, 15) is 9.59 Å². The first kappa shape index (κ1) is 19.1. The molecule has 0 saturated heterocycles. The van der Waals surface area contributed by atoms with Crippen LogP contribution in [0.15, 0.2) is 84.9 Å². The topological polar surface area (TPSA) is 49.4 Å². The van der Waals surface area contributed by atoms with Crippen molar-refractivity contribution >= 4 is 34.0 Å². The van der Waals surface area contributed by atoms with Crippen LogP contribution in [0.3, 0.4) is 0 Å². The number of nitrogens with zero attached hydrogens (tertiary/aromatic N) is 1. The Labute approximate surface area is 181 Å². The predicted octanol–water partition coefficient (Wildman–Crippen LogP) is 6.12. The van der Waals surface area contributed by atoms with Gasteiger partial charge in [0, 0.05) is 33.6 Å². The molecule has 1 atom stereocenters. The highest BCUT2D eigenvalue weighted by Gasteiger charge is 2.34. The first-order valence-electron chi connectivity index (χ1n) is 10.4. The van der Waals surface area contributed by atoms with E-state index in [0.717, 1.165) is 16.6 Å². The van der Waals surface area contributed by atoms with E-state index < -0.39 is 0 Å². The maximum Gasteiger partial charge on any atom is 0.265 e. The third-order valence-corrected chi connectivity index (χ3v) is 5.87. The molecule has 0 bridgehead atoms. The molecule has 1 unspecified atom stereocenters. The molecule has 5 rings (SSSR count). The summed E-state index contributed by atoms with van der Waals surface area (Å²) in [6.07, 6.45) is 0. The van der Waals surface area contributed by atoms with E-state index in [1.807, 2.05) is 73.7 Å². The summed E-state index contributed by atoms with van der Waals surface area (Å²) in [5, 5.41) is 5.14. The monoisotopic (exact) mass is 406 g/mol. The molecule has 0 fully saturated rings. The Morgan fingerprint density at radius 1 is 0.742 bits per heavy atom. The van der Waals surface area contributed by atoms with Crippen molar-refractivity contribution in [2.75, 3.05) is 10.2 Å². The zero-order valence-electron chi connectivity index (χ0n) is 17.4. The van der Waals surface area contributed by atoms with E-state index >= 15 is 0 Å². The van der Waals surface area contributed by atoms with Crippen molar-refractivity contribution in [2.45, 2.75) is 19.9 Å². The zero-order chi connectivity index (χ0) is 21.5. The van der Waals surface area contributed by atoms with Gasteiger partial charge in [0.15, 0.2) is 0 Å². The van der Waals surface area contributed by atoms with Crippen molar-refractivity contribution < 1.29 is 9.59 Å². The lowest BCUT2D eigenvalue weighted by Crippen LogP contribution is -2.40. The Morgan fingerprint density at radius 3 is 2.13 bits per heavy atom. The van der Waals surface area contributed by atoms with Gasteiger partial charge >= 0.3 is 0 Å². The lowest BCUT2D eigenvalue weighted by molar-refractivity contribution is 0.0893. The van der Waals surface area contributed by atoms with Gasteiger partial charge in [0.05, 0.1) is 5.69 Å². The first-order valence-corrected chi connectivity index (χ1v) is 10.4. The third kappa shape index (κ3) is 3.17. The van der Waals surface area contributed by atoms with Crippen molar-refractivity contribution in [3.05, 3.63) is 107 Å². The second-order valence-corrected chi connectivity index (χ2v) is 7.95. The summed E-state index contributed by atoms with van der Waals surface area (Å²) in [5.74, 6) is -0.583. The van der Waals surface area contributed by atoms with Gasteiger partial charge in [-0.2, -0.15) is 0 Å². The quantitative estimate of drug-likeness (QED) is 0.415. The molecule has 4 aromatic rings. The van der Waals surface area contributed by atoms with E-state index in [1.165, 1.54) is 10.5 Å². The van der Waals surface area contributed by atoms with Crippen molar-refractivity contribution in [3.63, 3.8) is 0 Å². The molecule has 1 heterocycles. The predicted molar refractivity (Wildman–Crippen MR) is 125 cm³/mol. The van der Waals surface area contributed by atoms with Crippen LogP contribution in [0.1, 0.15) is 44.8 Å². The Morgan fingerprint density at radius 2 is 1.42 bits per heavy atom. The second kappa shape index (κ2) is 7.40. The van der Waals surface area contributed by atoms with E-state index in [4.69, 9.17) is 0 Å². The summed E-state index contributed by atoms with van der Waals surface area (Å²) in [6.45, 7) is 4.07. The minimum Gasteiger partial charge on any atom is -0.378 e. The summed E-state index contributed by atoms with van der Waals surface area (Å²) in [6, 6.07) is 27.1. The van der Waals surface area contributed by atoms with Crippen molar-refractivity contribution in [1.29, 1.82) is 0 Å².